The average Bonchev–Trinajstić information content (AvgIpc) is 2.56. The van der Waals surface area contributed by atoms with E-state index in [9.17, 15) is 18.0 Å². The lowest BCUT2D eigenvalue weighted by molar-refractivity contribution is 0.120. The molecule has 0 atom stereocenters. The predicted molar refractivity (Wildman–Crippen MR) is 84.9 cm³/mol. The molecule has 0 bridgehead atoms. The van der Waals surface area contributed by atoms with E-state index in [2.05, 4.69) is 4.74 Å². The van der Waals surface area contributed by atoms with Crippen LogP contribution < -0.4 is 9.47 Å². The van der Waals surface area contributed by atoms with Crippen LogP contribution in [0.3, 0.4) is 0 Å². The van der Waals surface area contributed by atoms with Gasteiger partial charge in [-0.15, -0.1) is 0 Å². The van der Waals surface area contributed by atoms with Gasteiger partial charge in [0.05, 0.1) is 23.3 Å². The maximum absolute atomic E-state index is 13.7. The number of alkyl halides is 2. The van der Waals surface area contributed by atoms with Gasteiger partial charge in [-0.2, -0.15) is 0 Å². The van der Waals surface area contributed by atoms with E-state index in [-0.39, 0.29) is 34.3 Å². The van der Waals surface area contributed by atoms with Crippen LogP contribution in [0.2, 0.25) is 5.02 Å². The summed E-state index contributed by atoms with van der Waals surface area (Å²) in [5, 5.41) is 0.188. The number of methoxy groups -OCH3 is 1. The van der Waals surface area contributed by atoms with Crippen molar-refractivity contribution in [2.45, 2.75) is 20.0 Å². The molecule has 0 aliphatic rings. The summed E-state index contributed by atoms with van der Waals surface area (Å²) in [5.41, 5.74) is -0.132. The van der Waals surface area contributed by atoms with Crippen LogP contribution in [0, 0.1) is 12.7 Å². The first-order chi connectivity index (χ1) is 11.8. The SMILES string of the molecule is COC(=O)Oc1cccc(Cl)c1COc1cc(F)c(C)cc1C(F)F. The van der Waals surface area contributed by atoms with Crippen molar-refractivity contribution in [1.82, 2.24) is 0 Å². The molecule has 2 aromatic rings. The third-order valence-electron chi connectivity index (χ3n) is 3.33. The van der Waals surface area contributed by atoms with Crippen molar-refractivity contribution >= 4 is 17.8 Å². The number of halogens is 4. The molecule has 134 valence electrons. The van der Waals surface area contributed by atoms with Crippen molar-refractivity contribution in [1.29, 1.82) is 0 Å². The van der Waals surface area contributed by atoms with Gasteiger partial charge in [-0.3, -0.25) is 0 Å². The standard InChI is InChI=1S/C17H14ClF3O4/c1-9-6-10(16(20)21)15(7-13(9)19)24-8-11-12(18)4-3-5-14(11)25-17(22)23-2/h3-7,16H,8H2,1-2H3. The molecular formula is C17H14ClF3O4. The Hall–Kier alpha value is -2.41. The molecule has 0 heterocycles. The second kappa shape index (κ2) is 8.11. The zero-order valence-corrected chi connectivity index (χ0v) is 14.1. The van der Waals surface area contributed by atoms with Crippen molar-refractivity contribution in [3.8, 4) is 11.5 Å². The average molecular weight is 375 g/mol. The molecule has 0 saturated carbocycles. The fraction of sp³-hybridized carbons (Fsp3) is 0.235. The molecule has 25 heavy (non-hydrogen) atoms. The van der Waals surface area contributed by atoms with Gasteiger partial charge in [0.25, 0.3) is 6.43 Å². The zero-order valence-electron chi connectivity index (χ0n) is 13.3. The van der Waals surface area contributed by atoms with E-state index < -0.39 is 24.0 Å². The first-order valence-electron chi connectivity index (χ1n) is 7.07. The number of ether oxygens (including phenoxy) is 3. The molecule has 0 saturated heterocycles. The molecule has 0 unspecified atom stereocenters. The van der Waals surface area contributed by atoms with Crippen LogP contribution >= 0.6 is 11.6 Å². The molecule has 0 aliphatic carbocycles. The molecule has 0 aliphatic heterocycles. The molecular weight excluding hydrogens is 361 g/mol. The fourth-order valence-corrected chi connectivity index (χ4v) is 2.26. The summed E-state index contributed by atoms with van der Waals surface area (Å²) < 4.78 is 54.6. The molecule has 2 aromatic carbocycles. The van der Waals surface area contributed by atoms with Gasteiger partial charge >= 0.3 is 6.16 Å². The summed E-state index contributed by atoms with van der Waals surface area (Å²) in [6.07, 6.45) is -3.82. The van der Waals surface area contributed by atoms with Crippen LogP contribution in [-0.2, 0) is 11.3 Å². The Morgan fingerprint density at radius 2 is 1.96 bits per heavy atom. The quantitative estimate of drug-likeness (QED) is 0.515. The minimum atomic E-state index is -2.84. The first kappa shape index (κ1) is 18.9. The number of aryl methyl sites for hydroxylation is 1. The number of hydrogen-bond acceptors (Lipinski definition) is 4. The lowest BCUT2D eigenvalue weighted by Gasteiger charge is -2.15. The number of rotatable bonds is 5. The lowest BCUT2D eigenvalue weighted by atomic mass is 10.1. The summed E-state index contributed by atoms with van der Waals surface area (Å²) in [5.74, 6) is -0.947. The molecule has 0 aromatic heterocycles. The highest BCUT2D eigenvalue weighted by molar-refractivity contribution is 6.31. The van der Waals surface area contributed by atoms with E-state index in [1.54, 1.807) is 0 Å². The van der Waals surface area contributed by atoms with E-state index in [0.717, 1.165) is 19.2 Å². The fourth-order valence-electron chi connectivity index (χ4n) is 2.04. The molecule has 2 rings (SSSR count). The van der Waals surface area contributed by atoms with Gasteiger partial charge in [-0.05, 0) is 30.7 Å². The molecule has 4 nitrogen and oxygen atoms in total. The Balaban J connectivity index is 2.30. The summed E-state index contributed by atoms with van der Waals surface area (Å²) >= 11 is 6.05. The van der Waals surface area contributed by atoms with Crippen LogP contribution in [0.4, 0.5) is 18.0 Å². The van der Waals surface area contributed by atoms with Gasteiger partial charge in [0.1, 0.15) is 23.9 Å². The van der Waals surface area contributed by atoms with E-state index in [1.807, 2.05) is 0 Å². The number of benzene rings is 2. The van der Waals surface area contributed by atoms with Crippen LogP contribution in [-0.4, -0.2) is 13.3 Å². The second-order valence-corrected chi connectivity index (χ2v) is 5.41. The van der Waals surface area contributed by atoms with Gasteiger partial charge in [0, 0.05) is 6.07 Å². The van der Waals surface area contributed by atoms with Gasteiger partial charge in [-0.25, -0.2) is 18.0 Å². The minimum Gasteiger partial charge on any atom is -0.488 e. The minimum absolute atomic E-state index is 0.0468. The summed E-state index contributed by atoms with van der Waals surface area (Å²) in [6, 6.07) is 6.38. The van der Waals surface area contributed by atoms with Crippen molar-refractivity contribution < 1.29 is 32.2 Å². The topological polar surface area (TPSA) is 44.8 Å². The van der Waals surface area contributed by atoms with E-state index in [1.165, 1.54) is 25.1 Å². The maximum Gasteiger partial charge on any atom is 0.513 e. The Morgan fingerprint density at radius 3 is 2.60 bits per heavy atom. The van der Waals surface area contributed by atoms with Crippen molar-refractivity contribution in [3.05, 3.63) is 57.9 Å². The highest BCUT2D eigenvalue weighted by Gasteiger charge is 2.19. The Kier molecular flexibility index (Phi) is 6.14. The molecule has 0 amide bonds. The number of hydrogen-bond donors (Lipinski definition) is 0. The van der Waals surface area contributed by atoms with Gasteiger partial charge < -0.3 is 14.2 Å². The third kappa shape index (κ3) is 4.57. The number of carbonyl (C=O) groups excluding carboxylic acids is 1. The molecule has 8 heteroatoms. The summed E-state index contributed by atoms with van der Waals surface area (Å²) in [7, 11) is 1.13. The molecule has 0 N–H and O–H groups in total. The Morgan fingerprint density at radius 1 is 1.24 bits per heavy atom. The zero-order chi connectivity index (χ0) is 18.6. The first-order valence-corrected chi connectivity index (χ1v) is 7.45. The van der Waals surface area contributed by atoms with Crippen molar-refractivity contribution in [2.75, 3.05) is 7.11 Å². The Labute approximate surface area is 147 Å². The van der Waals surface area contributed by atoms with Crippen LogP contribution in [0.5, 0.6) is 11.5 Å². The van der Waals surface area contributed by atoms with E-state index in [0.29, 0.717) is 0 Å². The van der Waals surface area contributed by atoms with Gasteiger partial charge in [-0.1, -0.05) is 17.7 Å². The normalized spacial score (nSPS) is 10.7. The largest absolute Gasteiger partial charge is 0.513 e. The summed E-state index contributed by atoms with van der Waals surface area (Å²) in [4.78, 5) is 11.3. The van der Waals surface area contributed by atoms with Crippen LogP contribution in [0.15, 0.2) is 30.3 Å². The lowest BCUT2D eigenvalue weighted by Crippen LogP contribution is -2.10. The van der Waals surface area contributed by atoms with Crippen molar-refractivity contribution in [2.24, 2.45) is 0 Å². The van der Waals surface area contributed by atoms with Crippen molar-refractivity contribution in [3.63, 3.8) is 0 Å². The molecule has 0 spiro atoms. The second-order valence-electron chi connectivity index (χ2n) is 5.00. The highest BCUT2D eigenvalue weighted by atomic mass is 35.5. The van der Waals surface area contributed by atoms with E-state index in [4.69, 9.17) is 21.1 Å². The summed E-state index contributed by atoms with van der Waals surface area (Å²) in [6.45, 7) is 1.07. The third-order valence-corrected chi connectivity index (χ3v) is 3.69. The van der Waals surface area contributed by atoms with Crippen LogP contribution in [0.25, 0.3) is 0 Å². The smallest absolute Gasteiger partial charge is 0.488 e. The molecule has 0 radical (unpaired) electrons. The van der Waals surface area contributed by atoms with E-state index >= 15 is 0 Å². The Bertz CT molecular complexity index is 781. The highest BCUT2D eigenvalue weighted by Crippen LogP contribution is 2.34. The number of carbonyl (C=O) groups is 1. The maximum atomic E-state index is 13.7. The van der Waals surface area contributed by atoms with Gasteiger partial charge in [0.2, 0.25) is 0 Å². The molecule has 0 fully saturated rings. The monoisotopic (exact) mass is 374 g/mol. The predicted octanol–water partition coefficient (Wildman–Crippen LogP) is 5.45. The van der Waals surface area contributed by atoms with Gasteiger partial charge in [0.15, 0.2) is 0 Å². The van der Waals surface area contributed by atoms with Crippen LogP contribution in [0.1, 0.15) is 23.1 Å².